The lowest BCUT2D eigenvalue weighted by Gasteiger charge is -2.19. The molecule has 0 unspecified atom stereocenters. The van der Waals surface area contributed by atoms with E-state index in [4.69, 9.17) is 16.3 Å². The summed E-state index contributed by atoms with van der Waals surface area (Å²) in [5.41, 5.74) is 3.83. The molecule has 0 radical (unpaired) electrons. The van der Waals surface area contributed by atoms with Crippen LogP contribution in [-0.2, 0) is 4.79 Å². The molecule has 3 aromatic carbocycles. The van der Waals surface area contributed by atoms with Gasteiger partial charge in [0.25, 0.3) is 5.91 Å². The molecule has 1 heterocycles. The molecular weight excluding hydrogens is 384 g/mol. The lowest BCUT2D eigenvalue weighted by Crippen LogP contribution is -2.32. The Balaban J connectivity index is 1.82. The summed E-state index contributed by atoms with van der Waals surface area (Å²) in [6, 6.07) is 22.6. The van der Waals surface area contributed by atoms with Crippen LogP contribution in [0.5, 0.6) is 5.75 Å². The van der Waals surface area contributed by atoms with E-state index in [-0.39, 0.29) is 5.91 Å². The van der Waals surface area contributed by atoms with Crippen molar-refractivity contribution in [2.75, 3.05) is 12.0 Å². The predicted molar refractivity (Wildman–Crippen MR) is 118 cm³/mol. The van der Waals surface area contributed by atoms with Crippen molar-refractivity contribution in [1.29, 1.82) is 0 Å². The van der Waals surface area contributed by atoms with Crippen molar-refractivity contribution in [2.45, 2.75) is 6.92 Å². The molecule has 5 heteroatoms. The predicted octanol–water partition coefficient (Wildman–Crippen LogP) is 5.49. The van der Waals surface area contributed by atoms with Gasteiger partial charge in [0.05, 0.1) is 17.8 Å². The molecule has 0 saturated carbocycles. The Labute approximate surface area is 174 Å². The highest BCUT2D eigenvalue weighted by molar-refractivity contribution is 6.39. The van der Waals surface area contributed by atoms with Crippen molar-refractivity contribution >= 4 is 35.1 Å². The van der Waals surface area contributed by atoms with Gasteiger partial charge in [0.2, 0.25) is 0 Å². The minimum atomic E-state index is -0.203. The number of methoxy groups -OCH3 is 1. The van der Waals surface area contributed by atoms with Crippen LogP contribution in [0.25, 0.3) is 6.08 Å². The van der Waals surface area contributed by atoms with Crippen LogP contribution in [0.3, 0.4) is 0 Å². The van der Waals surface area contributed by atoms with E-state index < -0.39 is 0 Å². The van der Waals surface area contributed by atoms with Crippen molar-refractivity contribution in [3.05, 3.63) is 100 Å². The van der Waals surface area contributed by atoms with E-state index in [9.17, 15) is 4.79 Å². The smallest absolute Gasteiger partial charge is 0.282 e. The van der Waals surface area contributed by atoms with Crippen LogP contribution in [0, 0.1) is 6.92 Å². The summed E-state index contributed by atoms with van der Waals surface area (Å²) in [6.45, 7) is 2.02. The number of amidine groups is 1. The lowest BCUT2D eigenvalue weighted by atomic mass is 10.1. The van der Waals surface area contributed by atoms with Gasteiger partial charge in [0.1, 0.15) is 17.3 Å². The van der Waals surface area contributed by atoms with Gasteiger partial charge in [0.15, 0.2) is 0 Å². The number of hydrogen-bond donors (Lipinski definition) is 0. The first kappa shape index (κ1) is 19.0. The third-order valence-corrected chi connectivity index (χ3v) is 5.02. The van der Waals surface area contributed by atoms with Crippen LogP contribution in [0.1, 0.15) is 16.7 Å². The molecule has 0 spiro atoms. The summed E-state index contributed by atoms with van der Waals surface area (Å²) in [5.74, 6) is 1.02. The Morgan fingerprint density at radius 3 is 2.31 bits per heavy atom. The zero-order valence-electron chi connectivity index (χ0n) is 16.1. The molecule has 0 aliphatic carbocycles. The van der Waals surface area contributed by atoms with E-state index in [0.717, 1.165) is 11.1 Å². The second-order valence-electron chi connectivity index (χ2n) is 6.69. The molecule has 1 aliphatic rings. The number of carbonyl (C=O) groups excluding carboxylic acids is 1. The molecule has 1 aliphatic heterocycles. The second-order valence-corrected chi connectivity index (χ2v) is 7.10. The number of hydrogen-bond acceptors (Lipinski definition) is 3. The minimum Gasteiger partial charge on any atom is -0.497 e. The Hall–Kier alpha value is -3.37. The number of ether oxygens (including phenoxy) is 1. The molecule has 3 aromatic rings. The number of aliphatic imine (C=N–C) groups is 1. The molecule has 4 nitrogen and oxygen atoms in total. The fraction of sp³-hybridized carbons (Fsp3) is 0.0833. The zero-order chi connectivity index (χ0) is 20.4. The second kappa shape index (κ2) is 7.94. The van der Waals surface area contributed by atoms with Crippen LogP contribution in [-0.4, -0.2) is 18.9 Å². The van der Waals surface area contributed by atoms with Crippen LogP contribution in [0.2, 0.25) is 5.02 Å². The van der Waals surface area contributed by atoms with Crippen LogP contribution in [0.15, 0.2) is 83.5 Å². The largest absolute Gasteiger partial charge is 0.497 e. The number of carbonyl (C=O) groups is 1. The minimum absolute atomic E-state index is 0.203. The van der Waals surface area contributed by atoms with Crippen molar-refractivity contribution < 1.29 is 9.53 Å². The number of amides is 1. The van der Waals surface area contributed by atoms with Gasteiger partial charge in [-0.3, -0.25) is 9.69 Å². The van der Waals surface area contributed by atoms with Gasteiger partial charge >= 0.3 is 0 Å². The summed E-state index contributed by atoms with van der Waals surface area (Å²) in [7, 11) is 1.61. The first-order chi connectivity index (χ1) is 14.1. The van der Waals surface area contributed by atoms with Crippen LogP contribution in [0.4, 0.5) is 5.69 Å². The van der Waals surface area contributed by atoms with E-state index in [2.05, 4.69) is 4.99 Å². The molecule has 4 rings (SSSR count). The van der Waals surface area contributed by atoms with E-state index in [1.807, 2.05) is 73.7 Å². The number of aryl methyl sites for hydroxylation is 1. The van der Waals surface area contributed by atoms with Crippen molar-refractivity contribution in [3.8, 4) is 5.75 Å². The number of halogens is 1. The third kappa shape index (κ3) is 3.80. The Morgan fingerprint density at radius 2 is 1.66 bits per heavy atom. The summed E-state index contributed by atoms with van der Waals surface area (Å²) < 4.78 is 5.23. The molecular formula is C24H19ClN2O2. The number of anilines is 1. The van der Waals surface area contributed by atoms with Gasteiger partial charge < -0.3 is 4.74 Å². The van der Waals surface area contributed by atoms with Gasteiger partial charge in [-0.2, -0.15) is 0 Å². The zero-order valence-corrected chi connectivity index (χ0v) is 16.9. The monoisotopic (exact) mass is 402 g/mol. The third-order valence-electron chi connectivity index (χ3n) is 4.69. The van der Waals surface area contributed by atoms with Gasteiger partial charge in [-0.1, -0.05) is 53.6 Å². The standard InChI is InChI=1S/C24H19ClN2O2/c1-16-7-9-17(10-8-16)15-22-24(28)27(18-11-13-19(29-2)14-12-18)23(26-22)20-5-3-4-6-21(20)25/h3-15H,1-2H3/b22-15+. The van der Waals surface area contributed by atoms with Crippen molar-refractivity contribution in [2.24, 2.45) is 4.99 Å². The molecule has 144 valence electrons. The molecule has 0 bridgehead atoms. The Bertz CT molecular complexity index is 1120. The summed E-state index contributed by atoms with van der Waals surface area (Å²) in [5, 5.41) is 0.536. The molecule has 0 atom stereocenters. The summed E-state index contributed by atoms with van der Waals surface area (Å²) in [6.07, 6.45) is 1.79. The van der Waals surface area contributed by atoms with Gasteiger partial charge in [0, 0.05) is 5.56 Å². The average molecular weight is 403 g/mol. The normalized spacial score (nSPS) is 15.0. The first-order valence-electron chi connectivity index (χ1n) is 9.17. The number of rotatable bonds is 4. The number of benzene rings is 3. The average Bonchev–Trinajstić information content (AvgIpc) is 3.06. The maximum atomic E-state index is 13.3. The Kier molecular flexibility index (Phi) is 5.19. The van der Waals surface area contributed by atoms with E-state index in [0.29, 0.717) is 33.6 Å². The SMILES string of the molecule is COc1ccc(N2C(=O)/C(=C\c3ccc(C)cc3)N=C2c2ccccc2Cl)cc1. The maximum absolute atomic E-state index is 13.3. The lowest BCUT2D eigenvalue weighted by molar-refractivity contribution is -0.113. The van der Waals surface area contributed by atoms with E-state index in [1.54, 1.807) is 24.2 Å². The maximum Gasteiger partial charge on any atom is 0.282 e. The van der Waals surface area contributed by atoms with E-state index in [1.165, 1.54) is 0 Å². The fourth-order valence-corrected chi connectivity index (χ4v) is 3.35. The molecule has 0 fully saturated rings. The number of nitrogens with zero attached hydrogens (tertiary/aromatic N) is 2. The van der Waals surface area contributed by atoms with Crippen LogP contribution >= 0.6 is 11.6 Å². The highest BCUT2D eigenvalue weighted by atomic mass is 35.5. The van der Waals surface area contributed by atoms with Gasteiger partial charge in [-0.15, -0.1) is 0 Å². The van der Waals surface area contributed by atoms with E-state index >= 15 is 0 Å². The highest BCUT2D eigenvalue weighted by Gasteiger charge is 2.33. The topological polar surface area (TPSA) is 41.9 Å². The molecule has 0 saturated heterocycles. The molecule has 29 heavy (non-hydrogen) atoms. The quantitative estimate of drug-likeness (QED) is 0.541. The Morgan fingerprint density at radius 1 is 0.966 bits per heavy atom. The van der Waals surface area contributed by atoms with Crippen LogP contribution < -0.4 is 9.64 Å². The molecule has 0 aromatic heterocycles. The molecule has 1 amide bonds. The summed E-state index contributed by atoms with van der Waals surface area (Å²) >= 11 is 6.42. The summed E-state index contributed by atoms with van der Waals surface area (Å²) in [4.78, 5) is 19.5. The fourth-order valence-electron chi connectivity index (χ4n) is 3.13. The van der Waals surface area contributed by atoms with Gasteiger partial charge in [-0.05, 0) is 55.0 Å². The van der Waals surface area contributed by atoms with Crippen molar-refractivity contribution in [3.63, 3.8) is 0 Å². The van der Waals surface area contributed by atoms with Crippen molar-refractivity contribution in [1.82, 2.24) is 0 Å². The first-order valence-corrected chi connectivity index (χ1v) is 9.55. The van der Waals surface area contributed by atoms with Gasteiger partial charge in [-0.25, -0.2) is 4.99 Å². The molecule has 0 N–H and O–H groups in total. The highest BCUT2D eigenvalue weighted by Crippen LogP contribution is 2.31.